The molecule has 4 fully saturated rings. The number of carbonyl (C=O) groups excluding carboxylic acids is 2. The fraction of sp³-hybridized carbons (Fsp3) is 0.619. The van der Waals surface area contributed by atoms with E-state index in [-0.39, 0.29) is 30.0 Å². The molecule has 1 aromatic rings. The van der Waals surface area contributed by atoms with Crippen LogP contribution in [0, 0.1) is 23.2 Å². The minimum absolute atomic E-state index is 0.00933. The predicted octanol–water partition coefficient (Wildman–Crippen LogP) is 3.34. The molecule has 4 aliphatic carbocycles. The third-order valence-corrected chi connectivity index (χ3v) is 8.30. The van der Waals surface area contributed by atoms with E-state index in [4.69, 9.17) is 0 Å². The van der Waals surface area contributed by atoms with E-state index in [9.17, 15) is 26.8 Å². The number of rotatable bonds is 7. The van der Waals surface area contributed by atoms with Crippen molar-refractivity contribution in [2.24, 2.45) is 23.2 Å². The molecule has 4 bridgehead atoms. The third kappa shape index (κ3) is 3.96. The topological polar surface area (TPSA) is 92.3 Å². The van der Waals surface area contributed by atoms with Crippen molar-refractivity contribution < 1.29 is 26.8 Å². The Kier molecular flexibility index (Phi) is 5.59. The molecule has 2 amide bonds. The van der Waals surface area contributed by atoms with Gasteiger partial charge in [-0.25, -0.2) is 8.42 Å². The van der Waals surface area contributed by atoms with Gasteiger partial charge in [-0.2, -0.15) is 8.78 Å². The highest BCUT2D eigenvalue weighted by Gasteiger charge is 2.54. The van der Waals surface area contributed by atoms with Gasteiger partial charge < -0.3 is 10.6 Å². The van der Waals surface area contributed by atoms with Crippen LogP contribution in [0.25, 0.3) is 0 Å². The van der Waals surface area contributed by atoms with Crippen LogP contribution in [0.4, 0.5) is 14.5 Å². The zero-order valence-corrected chi connectivity index (χ0v) is 17.4. The molecule has 4 saturated carbocycles. The molecule has 30 heavy (non-hydrogen) atoms. The second-order valence-electron chi connectivity index (χ2n) is 9.05. The lowest BCUT2D eigenvalue weighted by Gasteiger charge is -2.55. The Morgan fingerprint density at radius 2 is 1.60 bits per heavy atom. The van der Waals surface area contributed by atoms with Crippen molar-refractivity contribution in [3.05, 3.63) is 24.3 Å². The summed E-state index contributed by atoms with van der Waals surface area (Å²) < 4.78 is 49.3. The maximum Gasteiger partial charge on any atom is 0.341 e. The van der Waals surface area contributed by atoms with E-state index in [0.717, 1.165) is 25.3 Å². The van der Waals surface area contributed by atoms with E-state index in [1.54, 1.807) is 0 Å². The van der Waals surface area contributed by atoms with E-state index < -0.39 is 26.4 Å². The quantitative estimate of drug-likeness (QED) is 0.680. The van der Waals surface area contributed by atoms with Crippen LogP contribution in [0.1, 0.15) is 44.9 Å². The molecular formula is C21H26F2N2O4S. The summed E-state index contributed by atoms with van der Waals surface area (Å²) in [7, 11) is -4.83. The molecule has 0 saturated heterocycles. The average Bonchev–Trinajstić information content (AvgIpc) is 2.67. The van der Waals surface area contributed by atoms with Crippen molar-refractivity contribution in [3.8, 4) is 0 Å². The lowest BCUT2D eigenvalue weighted by molar-refractivity contribution is -0.146. The van der Waals surface area contributed by atoms with E-state index in [2.05, 4.69) is 10.6 Å². The van der Waals surface area contributed by atoms with Crippen LogP contribution in [-0.4, -0.2) is 32.5 Å². The number of hydrogen-bond donors (Lipinski definition) is 2. The highest BCUT2D eigenvalue weighted by atomic mass is 32.2. The summed E-state index contributed by atoms with van der Waals surface area (Å²) in [5.74, 6) is -2.20. The normalized spacial score (nSPS) is 29.8. The van der Waals surface area contributed by atoms with Crippen LogP contribution in [0.5, 0.6) is 0 Å². The van der Waals surface area contributed by atoms with Crippen LogP contribution >= 0.6 is 0 Å². The molecule has 0 radical (unpaired) electrons. The Morgan fingerprint density at radius 3 is 2.17 bits per heavy atom. The van der Waals surface area contributed by atoms with Gasteiger partial charge in [0.05, 0.1) is 10.6 Å². The van der Waals surface area contributed by atoms with Gasteiger partial charge in [0.1, 0.15) is 0 Å². The Labute approximate surface area is 174 Å². The van der Waals surface area contributed by atoms with Gasteiger partial charge in [-0.05, 0) is 68.4 Å². The molecule has 1 aromatic carbocycles. The van der Waals surface area contributed by atoms with Gasteiger partial charge in [0, 0.05) is 18.4 Å². The molecule has 164 valence electrons. The number of anilines is 1. The summed E-state index contributed by atoms with van der Waals surface area (Å²) in [4.78, 5) is 24.5. The van der Waals surface area contributed by atoms with Crippen LogP contribution in [-0.2, 0) is 19.4 Å². The van der Waals surface area contributed by atoms with Crippen molar-refractivity contribution in [1.29, 1.82) is 0 Å². The molecular weight excluding hydrogens is 414 g/mol. The van der Waals surface area contributed by atoms with Gasteiger partial charge in [-0.15, -0.1) is 0 Å². The maximum absolute atomic E-state index is 12.9. The fourth-order valence-electron chi connectivity index (χ4n) is 5.99. The predicted molar refractivity (Wildman–Crippen MR) is 106 cm³/mol. The number of para-hydroxylation sites is 1. The maximum atomic E-state index is 12.9. The number of amides is 2. The number of alkyl halides is 2. The number of carbonyl (C=O) groups is 2. The van der Waals surface area contributed by atoms with E-state index in [1.165, 1.54) is 37.5 Å². The third-order valence-electron chi connectivity index (χ3n) is 6.86. The van der Waals surface area contributed by atoms with Gasteiger partial charge in [0.15, 0.2) is 0 Å². The molecule has 0 unspecified atom stereocenters. The zero-order valence-electron chi connectivity index (χ0n) is 16.6. The first kappa shape index (κ1) is 21.2. The molecule has 0 atom stereocenters. The van der Waals surface area contributed by atoms with Gasteiger partial charge in [0.25, 0.3) is 0 Å². The molecule has 4 aliphatic rings. The van der Waals surface area contributed by atoms with Crippen LogP contribution < -0.4 is 10.6 Å². The first-order valence-corrected chi connectivity index (χ1v) is 11.9. The highest BCUT2D eigenvalue weighted by Crippen LogP contribution is 2.60. The van der Waals surface area contributed by atoms with Crippen molar-refractivity contribution in [3.63, 3.8) is 0 Å². The largest absolute Gasteiger partial charge is 0.355 e. The Hall–Kier alpha value is -2.03. The summed E-state index contributed by atoms with van der Waals surface area (Å²) in [5.41, 5.74) is -0.487. The van der Waals surface area contributed by atoms with E-state index in [1.807, 2.05) is 0 Å². The first-order valence-electron chi connectivity index (χ1n) is 10.4. The summed E-state index contributed by atoms with van der Waals surface area (Å²) in [6.45, 7) is 0.121. The first-order chi connectivity index (χ1) is 14.2. The van der Waals surface area contributed by atoms with Crippen LogP contribution in [0.2, 0.25) is 0 Å². The van der Waals surface area contributed by atoms with E-state index in [0.29, 0.717) is 17.8 Å². The molecule has 9 heteroatoms. The number of halogens is 2. The van der Waals surface area contributed by atoms with E-state index >= 15 is 0 Å². The minimum Gasteiger partial charge on any atom is -0.355 e. The van der Waals surface area contributed by atoms with Crippen molar-refractivity contribution >= 4 is 27.3 Å². The summed E-state index contributed by atoms with van der Waals surface area (Å²) in [6.07, 6.45) is 6.41. The minimum atomic E-state index is -4.83. The monoisotopic (exact) mass is 440 g/mol. The van der Waals surface area contributed by atoms with Crippen molar-refractivity contribution in [2.75, 3.05) is 11.9 Å². The van der Waals surface area contributed by atoms with Gasteiger partial charge in [0.2, 0.25) is 21.7 Å². The standard InChI is InChI=1S/C21H26F2N2O4S/c22-20(23)30(28,29)17-4-2-1-3-16(17)25-18(26)5-6-24-19(27)21-10-13-7-14(11-21)9-15(8-13)12-21/h1-4,13-15,20H,5-12H2,(H,24,27)(H,25,26). The number of nitrogens with one attached hydrogen (secondary N) is 2. The summed E-state index contributed by atoms with van der Waals surface area (Å²) in [6, 6.07) is 5.07. The lowest BCUT2D eigenvalue weighted by atomic mass is 9.49. The van der Waals surface area contributed by atoms with Gasteiger partial charge in [-0.1, -0.05) is 12.1 Å². The molecule has 0 spiro atoms. The number of sulfone groups is 1. The number of hydrogen-bond acceptors (Lipinski definition) is 4. The SMILES string of the molecule is O=C(CCNC(=O)C12CC3CC(CC(C3)C1)C2)Nc1ccccc1S(=O)(=O)C(F)F. The van der Waals surface area contributed by atoms with Crippen molar-refractivity contribution in [1.82, 2.24) is 5.32 Å². The smallest absolute Gasteiger partial charge is 0.341 e. The Morgan fingerprint density at radius 1 is 1.03 bits per heavy atom. The van der Waals surface area contributed by atoms with Crippen LogP contribution in [0.3, 0.4) is 0 Å². The zero-order chi connectivity index (χ0) is 21.5. The second-order valence-corrected chi connectivity index (χ2v) is 10.9. The molecule has 0 heterocycles. The average molecular weight is 441 g/mol. The fourth-order valence-corrected chi connectivity index (χ4v) is 6.88. The molecule has 5 rings (SSSR count). The van der Waals surface area contributed by atoms with Gasteiger partial charge in [-0.3, -0.25) is 9.59 Å². The molecule has 0 aliphatic heterocycles. The molecule has 6 nitrogen and oxygen atoms in total. The van der Waals surface area contributed by atoms with Gasteiger partial charge >= 0.3 is 5.76 Å². The lowest BCUT2D eigenvalue weighted by Crippen LogP contribution is -2.53. The Balaban J connectivity index is 1.33. The Bertz CT molecular complexity index is 913. The molecule has 2 N–H and O–H groups in total. The van der Waals surface area contributed by atoms with Crippen molar-refractivity contribution in [2.45, 2.75) is 55.6 Å². The second kappa shape index (κ2) is 7.90. The van der Waals surface area contributed by atoms with Crippen LogP contribution in [0.15, 0.2) is 29.2 Å². The summed E-state index contributed by atoms with van der Waals surface area (Å²) in [5, 5.41) is 5.26. The highest BCUT2D eigenvalue weighted by molar-refractivity contribution is 7.91. The number of benzene rings is 1. The molecule has 0 aromatic heterocycles. The summed E-state index contributed by atoms with van der Waals surface area (Å²) >= 11 is 0.